The van der Waals surface area contributed by atoms with Crippen LogP contribution >= 0.6 is 35.2 Å². The van der Waals surface area contributed by atoms with Crippen molar-refractivity contribution in [1.82, 2.24) is 9.78 Å². The number of thiocarbonyl (C=S) groups is 1. The summed E-state index contributed by atoms with van der Waals surface area (Å²) in [6, 6.07) is 7.64. The minimum atomic E-state index is -0.389. The van der Waals surface area contributed by atoms with Gasteiger partial charge >= 0.3 is 5.97 Å². The third kappa shape index (κ3) is 4.52. The van der Waals surface area contributed by atoms with E-state index in [1.54, 1.807) is 10.9 Å². The van der Waals surface area contributed by atoms with Crippen molar-refractivity contribution < 1.29 is 9.53 Å². The first-order valence-electron chi connectivity index (χ1n) is 8.41. The first-order valence-corrected chi connectivity index (χ1v) is 10.0. The summed E-state index contributed by atoms with van der Waals surface area (Å²) in [5, 5.41) is 12.2. The second-order valence-corrected chi connectivity index (χ2v) is 8.12. The molecule has 0 bridgehead atoms. The van der Waals surface area contributed by atoms with E-state index in [0.717, 1.165) is 21.7 Å². The number of aryl methyl sites for hydroxylation is 1. The van der Waals surface area contributed by atoms with Crippen molar-refractivity contribution in [3.63, 3.8) is 0 Å². The molecule has 0 amide bonds. The van der Waals surface area contributed by atoms with E-state index >= 15 is 0 Å². The molecule has 28 heavy (non-hydrogen) atoms. The number of benzene rings is 1. The van der Waals surface area contributed by atoms with Gasteiger partial charge in [0.1, 0.15) is 5.00 Å². The number of ether oxygens (including phenoxy) is 1. The topological polar surface area (TPSA) is 68.2 Å². The summed E-state index contributed by atoms with van der Waals surface area (Å²) in [5.74, 6) is -0.389. The van der Waals surface area contributed by atoms with Gasteiger partial charge in [-0.05, 0) is 43.3 Å². The fourth-order valence-electron chi connectivity index (χ4n) is 2.64. The maximum atomic E-state index is 12.1. The van der Waals surface area contributed by atoms with Gasteiger partial charge < -0.3 is 15.4 Å². The van der Waals surface area contributed by atoms with E-state index in [9.17, 15) is 4.79 Å². The van der Waals surface area contributed by atoms with E-state index in [1.165, 1.54) is 18.4 Å². The fourth-order valence-corrected chi connectivity index (χ4v) is 4.18. The molecule has 2 N–H and O–H groups in total. The van der Waals surface area contributed by atoms with Crippen LogP contribution in [0.4, 0.5) is 10.7 Å². The largest absolute Gasteiger partial charge is 0.465 e. The SMILES string of the molecule is COC(=O)c1c(NC(=S)Nc2cnn(Cc3ccccc3Cl)c2)sc(C)c1C. The number of methoxy groups -OCH3 is 1. The molecule has 0 fully saturated rings. The summed E-state index contributed by atoms with van der Waals surface area (Å²) in [7, 11) is 1.36. The quantitative estimate of drug-likeness (QED) is 0.441. The average molecular weight is 435 g/mol. The van der Waals surface area contributed by atoms with Gasteiger partial charge in [0.2, 0.25) is 0 Å². The maximum Gasteiger partial charge on any atom is 0.341 e. The molecule has 0 spiro atoms. The molecule has 3 aromatic rings. The van der Waals surface area contributed by atoms with Crippen molar-refractivity contribution in [3.8, 4) is 0 Å². The molecular weight excluding hydrogens is 416 g/mol. The highest BCUT2D eigenvalue weighted by Crippen LogP contribution is 2.33. The zero-order chi connectivity index (χ0) is 20.3. The average Bonchev–Trinajstić information content (AvgIpc) is 3.20. The maximum absolute atomic E-state index is 12.1. The van der Waals surface area contributed by atoms with E-state index in [0.29, 0.717) is 27.2 Å². The molecule has 6 nitrogen and oxygen atoms in total. The van der Waals surface area contributed by atoms with E-state index in [-0.39, 0.29) is 5.97 Å². The smallest absolute Gasteiger partial charge is 0.341 e. The molecule has 0 atom stereocenters. The summed E-state index contributed by atoms with van der Waals surface area (Å²) in [4.78, 5) is 13.1. The second kappa shape index (κ2) is 8.72. The van der Waals surface area contributed by atoms with Crippen LogP contribution in [-0.4, -0.2) is 28.0 Å². The molecule has 2 aromatic heterocycles. The summed E-state index contributed by atoms with van der Waals surface area (Å²) >= 11 is 13.0. The molecule has 0 aliphatic heterocycles. The van der Waals surface area contributed by atoms with Crippen molar-refractivity contribution in [2.45, 2.75) is 20.4 Å². The second-order valence-electron chi connectivity index (χ2n) is 6.08. The van der Waals surface area contributed by atoms with Crippen molar-refractivity contribution in [2.24, 2.45) is 0 Å². The molecule has 0 saturated heterocycles. The number of anilines is 2. The number of esters is 1. The molecular formula is C19H19ClN4O2S2. The molecule has 146 valence electrons. The van der Waals surface area contributed by atoms with E-state index in [1.807, 2.05) is 44.3 Å². The molecule has 0 aliphatic rings. The van der Waals surface area contributed by atoms with Crippen LogP contribution < -0.4 is 10.6 Å². The lowest BCUT2D eigenvalue weighted by molar-refractivity contribution is 0.0601. The van der Waals surface area contributed by atoms with Gasteiger partial charge in [-0.15, -0.1) is 11.3 Å². The molecule has 2 heterocycles. The molecule has 0 radical (unpaired) electrons. The lowest BCUT2D eigenvalue weighted by Gasteiger charge is -2.09. The van der Waals surface area contributed by atoms with Crippen molar-refractivity contribution >= 4 is 56.9 Å². The van der Waals surface area contributed by atoms with Crippen LogP contribution in [0.5, 0.6) is 0 Å². The third-order valence-corrected chi connectivity index (χ3v) is 5.88. The molecule has 0 unspecified atom stereocenters. The fraction of sp³-hybridized carbons (Fsp3) is 0.211. The Morgan fingerprint density at radius 1 is 1.32 bits per heavy atom. The Hall–Kier alpha value is -2.42. The summed E-state index contributed by atoms with van der Waals surface area (Å²) < 4.78 is 6.65. The van der Waals surface area contributed by atoms with E-state index < -0.39 is 0 Å². The molecule has 3 rings (SSSR count). The van der Waals surface area contributed by atoms with Crippen molar-refractivity contribution in [1.29, 1.82) is 0 Å². The Balaban J connectivity index is 1.68. The van der Waals surface area contributed by atoms with E-state index in [4.69, 9.17) is 28.6 Å². The predicted octanol–water partition coefficient (Wildman–Crippen LogP) is 4.86. The zero-order valence-corrected chi connectivity index (χ0v) is 18.0. The minimum Gasteiger partial charge on any atom is -0.465 e. The lowest BCUT2D eigenvalue weighted by atomic mass is 10.1. The van der Waals surface area contributed by atoms with Crippen LogP contribution in [-0.2, 0) is 11.3 Å². The lowest BCUT2D eigenvalue weighted by Crippen LogP contribution is -2.20. The molecule has 1 aromatic carbocycles. The highest BCUT2D eigenvalue weighted by molar-refractivity contribution is 7.80. The van der Waals surface area contributed by atoms with Gasteiger partial charge in [-0.3, -0.25) is 4.68 Å². The monoisotopic (exact) mass is 434 g/mol. The predicted molar refractivity (Wildman–Crippen MR) is 118 cm³/mol. The Morgan fingerprint density at radius 3 is 2.79 bits per heavy atom. The van der Waals surface area contributed by atoms with Gasteiger partial charge in [-0.2, -0.15) is 5.10 Å². The number of nitrogens with one attached hydrogen (secondary N) is 2. The molecule has 0 aliphatic carbocycles. The first kappa shape index (κ1) is 20.3. The summed E-state index contributed by atoms with van der Waals surface area (Å²) in [6.45, 7) is 4.39. The van der Waals surface area contributed by atoms with Gasteiger partial charge in [0.25, 0.3) is 0 Å². The van der Waals surface area contributed by atoms with E-state index in [2.05, 4.69) is 15.7 Å². The first-order chi connectivity index (χ1) is 13.4. The Labute approximate surface area is 177 Å². The van der Waals surface area contributed by atoms with Gasteiger partial charge in [0, 0.05) is 16.1 Å². The normalized spacial score (nSPS) is 10.6. The van der Waals surface area contributed by atoms with Gasteiger partial charge in [0.05, 0.1) is 31.1 Å². The van der Waals surface area contributed by atoms with Crippen molar-refractivity contribution in [3.05, 3.63) is 63.2 Å². The zero-order valence-electron chi connectivity index (χ0n) is 15.6. The van der Waals surface area contributed by atoms with Crippen LogP contribution in [0.3, 0.4) is 0 Å². The number of hydrogen-bond donors (Lipinski definition) is 2. The molecule has 0 saturated carbocycles. The highest BCUT2D eigenvalue weighted by atomic mass is 35.5. The van der Waals surface area contributed by atoms with Crippen LogP contribution in [0.15, 0.2) is 36.7 Å². The van der Waals surface area contributed by atoms with Crippen LogP contribution in [0.25, 0.3) is 0 Å². The van der Waals surface area contributed by atoms with Crippen LogP contribution in [0.1, 0.15) is 26.4 Å². The Bertz CT molecular complexity index is 1030. The number of aromatic nitrogens is 2. The number of rotatable bonds is 5. The highest BCUT2D eigenvalue weighted by Gasteiger charge is 2.20. The summed E-state index contributed by atoms with van der Waals surface area (Å²) in [5.41, 5.74) is 3.10. The standard InChI is InChI=1S/C19H19ClN4O2S2/c1-11-12(2)28-17(16(11)18(25)26-3)23-19(27)22-14-8-21-24(10-14)9-13-6-4-5-7-15(13)20/h4-8,10H,9H2,1-3H3,(H2,22,23,27). The number of carbonyl (C=O) groups excluding carboxylic acids is 1. The number of thiophene rings is 1. The van der Waals surface area contributed by atoms with Gasteiger partial charge in [0.15, 0.2) is 5.11 Å². The number of carbonyl (C=O) groups is 1. The Morgan fingerprint density at radius 2 is 2.07 bits per heavy atom. The minimum absolute atomic E-state index is 0.365. The number of nitrogens with zero attached hydrogens (tertiary/aromatic N) is 2. The van der Waals surface area contributed by atoms with Crippen LogP contribution in [0, 0.1) is 13.8 Å². The third-order valence-electron chi connectivity index (χ3n) is 4.18. The number of hydrogen-bond acceptors (Lipinski definition) is 5. The summed E-state index contributed by atoms with van der Waals surface area (Å²) in [6.07, 6.45) is 3.51. The van der Waals surface area contributed by atoms with Gasteiger partial charge in [-0.25, -0.2) is 4.79 Å². The Kier molecular flexibility index (Phi) is 6.33. The number of halogens is 1. The van der Waals surface area contributed by atoms with Gasteiger partial charge in [-0.1, -0.05) is 29.8 Å². The van der Waals surface area contributed by atoms with Crippen LogP contribution in [0.2, 0.25) is 5.02 Å². The van der Waals surface area contributed by atoms with Crippen molar-refractivity contribution in [2.75, 3.05) is 17.7 Å². The molecule has 9 heteroatoms.